The minimum Gasteiger partial charge on any atom is -0.393 e. The first kappa shape index (κ1) is 11.2. The average Bonchev–Trinajstić information content (AvgIpc) is 2.30. The predicted octanol–water partition coefficient (Wildman–Crippen LogP) is 3.53. The van der Waals surface area contributed by atoms with Gasteiger partial charge in [0.15, 0.2) is 0 Å². The lowest BCUT2D eigenvalue weighted by Gasteiger charge is -2.36. The Bertz CT molecular complexity index is 195. The molecular weight excluding hydrogens is 184 g/mol. The van der Waals surface area contributed by atoms with Crippen LogP contribution in [0.1, 0.15) is 51.4 Å². The maximum absolute atomic E-state index is 9.49. The second-order valence-electron chi connectivity index (χ2n) is 5.48. The van der Waals surface area contributed by atoms with Crippen LogP contribution >= 0.6 is 0 Å². The molecule has 2 aliphatic carbocycles. The lowest BCUT2D eigenvalue weighted by atomic mass is 9.70. The first-order valence-electron chi connectivity index (χ1n) is 6.60. The van der Waals surface area contributed by atoms with Crippen LogP contribution in [0.25, 0.3) is 0 Å². The maximum atomic E-state index is 9.49. The molecule has 0 atom stereocenters. The van der Waals surface area contributed by atoms with Gasteiger partial charge in [-0.3, -0.25) is 0 Å². The Morgan fingerprint density at radius 3 is 1.73 bits per heavy atom. The zero-order valence-electron chi connectivity index (χ0n) is 9.70. The van der Waals surface area contributed by atoms with Crippen molar-refractivity contribution < 1.29 is 5.11 Å². The zero-order valence-corrected chi connectivity index (χ0v) is 9.70. The van der Waals surface area contributed by atoms with Gasteiger partial charge in [0.2, 0.25) is 0 Å². The van der Waals surface area contributed by atoms with Gasteiger partial charge in [-0.15, -0.1) is 6.58 Å². The van der Waals surface area contributed by atoms with Crippen molar-refractivity contribution in [3.8, 4) is 0 Å². The predicted molar refractivity (Wildman–Crippen MR) is 63.6 cm³/mol. The highest BCUT2D eigenvalue weighted by Gasteiger charge is 2.29. The van der Waals surface area contributed by atoms with Crippen LogP contribution in [0.3, 0.4) is 0 Å². The van der Waals surface area contributed by atoms with Gasteiger partial charge in [0.05, 0.1) is 6.10 Å². The van der Waals surface area contributed by atoms with E-state index >= 15 is 0 Å². The molecule has 1 heteroatoms. The smallest absolute Gasteiger partial charge is 0.0540 e. The summed E-state index contributed by atoms with van der Waals surface area (Å²) in [6.45, 7) is 3.90. The normalized spacial score (nSPS) is 42.5. The Labute approximate surface area is 93.6 Å². The van der Waals surface area contributed by atoms with Crippen molar-refractivity contribution in [3.63, 3.8) is 0 Å². The van der Waals surface area contributed by atoms with Crippen molar-refractivity contribution in [3.05, 3.63) is 12.7 Å². The summed E-state index contributed by atoms with van der Waals surface area (Å²) in [7, 11) is 0. The molecule has 0 unspecified atom stereocenters. The monoisotopic (exact) mass is 208 g/mol. The Hall–Kier alpha value is -0.300. The standard InChI is InChI=1S/C14H24O/c1-2-11-3-5-12(6-4-11)13-7-9-14(15)10-8-13/h2,11-15H,1,3-10H2/t11?,12?,13-,14-. The van der Waals surface area contributed by atoms with E-state index < -0.39 is 0 Å². The van der Waals surface area contributed by atoms with E-state index in [2.05, 4.69) is 12.7 Å². The van der Waals surface area contributed by atoms with Gasteiger partial charge < -0.3 is 5.11 Å². The molecule has 0 aromatic carbocycles. The summed E-state index contributed by atoms with van der Waals surface area (Å²) in [5, 5.41) is 9.49. The van der Waals surface area contributed by atoms with Crippen LogP contribution in [-0.2, 0) is 0 Å². The first-order chi connectivity index (χ1) is 7.29. The summed E-state index contributed by atoms with van der Waals surface area (Å²) in [4.78, 5) is 0. The van der Waals surface area contributed by atoms with E-state index in [0.717, 1.165) is 30.6 Å². The molecule has 0 aromatic rings. The Morgan fingerprint density at radius 2 is 1.27 bits per heavy atom. The minimum atomic E-state index is 0.00534. The third-order valence-corrected chi connectivity index (χ3v) is 4.56. The van der Waals surface area contributed by atoms with Crippen LogP contribution in [0.5, 0.6) is 0 Å². The summed E-state index contributed by atoms with van der Waals surface area (Å²) < 4.78 is 0. The van der Waals surface area contributed by atoms with Crippen LogP contribution < -0.4 is 0 Å². The van der Waals surface area contributed by atoms with E-state index in [0.29, 0.717) is 0 Å². The van der Waals surface area contributed by atoms with E-state index in [1.54, 1.807) is 0 Å². The summed E-state index contributed by atoms with van der Waals surface area (Å²) in [5.74, 6) is 2.66. The fourth-order valence-electron chi connectivity index (χ4n) is 3.43. The van der Waals surface area contributed by atoms with E-state index in [1.807, 2.05) is 0 Å². The van der Waals surface area contributed by atoms with Crippen molar-refractivity contribution in [2.75, 3.05) is 0 Å². The Kier molecular flexibility index (Phi) is 3.85. The highest BCUT2D eigenvalue weighted by molar-refractivity contribution is 4.87. The highest BCUT2D eigenvalue weighted by Crippen LogP contribution is 2.40. The van der Waals surface area contributed by atoms with Gasteiger partial charge >= 0.3 is 0 Å². The van der Waals surface area contributed by atoms with E-state index in [4.69, 9.17) is 0 Å². The van der Waals surface area contributed by atoms with Crippen LogP contribution in [0.2, 0.25) is 0 Å². The van der Waals surface area contributed by atoms with E-state index in [-0.39, 0.29) is 6.10 Å². The Balaban J connectivity index is 1.78. The number of hydrogen-bond donors (Lipinski definition) is 1. The van der Waals surface area contributed by atoms with Gasteiger partial charge in [-0.2, -0.15) is 0 Å². The number of allylic oxidation sites excluding steroid dienone is 1. The third kappa shape index (κ3) is 2.84. The summed E-state index contributed by atoms with van der Waals surface area (Å²) in [5.41, 5.74) is 0. The second-order valence-corrected chi connectivity index (χ2v) is 5.48. The maximum Gasteiger partial charge on any atom is 0.0540 e. The largest absolute Gasteiger partial charge is 0.393 e. The molecule has 2 saturated carbocycles. The van der Waals surface area contributed by atoms with Gasteiger partial charge in [-0.1, -0.05) is 6.08 Å². The molecule has 0 aromatic heterocycles. The average molecular weight is 208 g/mol. The van der Waals surface area contributed by atoms with Crippen LogP contribution in [0, 0.1) is 17.8 Å². The van der Waals surface area contributed by atoms with Crippen molar-refractivity contribution in [2.45, 2.75) is 57.5 Å². The second kappa shape index (κ2) is 5.16. The molecule has 1 nitrogen and oxygen atoms in total. The SMILES string of the molecule is C=CC1CCC([C@H]2CC[C@H](O)CC2)CC1. The molecule has 1 N–H and O–H groups in total. The molecule has 0 spiro atoms. The fraction of sp³-hybridized carbons (Fsp3) is 0.857. The minimum absolute atomic E-state index is 0.00534. The number of aliphatic hydroxyl groups is 1. The first-order valence-corrected chi connectivity index (χ1v) is 6.60. The molecule has 86 valence electrons. The molecule has 15 heavy (non-hydrogen) atoms. The third-order valence-electron chi connectivity index (χ3n) is 4.56. The topological polar surface area (TPSA) is 20.2 Å². The van der Waals surface area contributed by atoms with Crippen LogP contribution in [0.4, 0.5) is 0 Å². The van der Waals surface area contributed by atoms with Crippen LogP contribution in [0.15, 0.2) is 12.7 Å². The van der Waals surface area contributed by atoms with E-state index in [9.17, 15) is 5.11 Å². The number of rotatable bonds is 2. The quantitative estimate of drug-likeness (QED) is 0.688. The van der Waals surface area contributed by atoms with Crippen LogP contribution in [-0.4, -0.2) is 11.2 Å². The lowest BCUT2D eigenvalue weighted by molar-refractivity contribution is 0.0793. The van der Waals surface area contributed by atoms with Crippen molar-refractivity contribution >= 4 is 0 Å². The Morgan fingerprint density at radius 1 is 0.800 bits per heavy atom. The summed E-state index contributed by atoms with van der Waals surface area (Å²) >= 11 is 0. The molecular formula is C14H24O. The molecule has 2 fully saturated rings. The van der Waals surface area contributed by atoms with Crippen molar-refractivity contribution in [2.24, 2.45) is 17.8 Å². The molecule has 2 aliphatic rings. The fourth-order valence-corrected chi connectivity index (χ4v) is 3.43. The lowest BCUT2D eigenvalue weighted by Crippen LogP contribution is -2.26. The summed E-state index contributed by atoms with van der Waals surface area (Å²) in [6.07, 6.45) is 12.3. The number of hydrogen-bond acceptors (Lipinski definition) is 1. The molecule has 0 saturated heterocycles. The molecule has 0 heterocycles. The molecule has 0 bridgehead atoms. The zero-order chi connectivity index (χ0) is 10.7. The molecule has 0 radical (unpaired) electrons. The van der Waals surface area contributed by atoms with Gasteiger partial charge in [-0.25, -0.2) is 0 Å². The van der Waals surface area contributed by atoms with Gasteiger partial charge in [0, 0.05) is 0 Å². The van der Waals surface area contributed by atoms with Gasteiger partial charge in [-0.05, 0) is 69.1 Å². The summed E-state index contributed by atoms with van der Waals surface area (Å²) in [6, 6.07) is 0. The van der Waals surface area contributed by atoms with Crippen molar-refractivity contribution in [1.29, 1.82) is 0 Å². The van der Waals surface area contributed by atoms with E-state index in [1.165, 1.54) is 38.5 Å². The molecule has 2 rings (SSSR count). The van der Waals surface area contributed by atoms with Crippen molar-refractivity contribution in [1.82, 2.24) is 0 Å². The number of aliphatic hydroxyl groups excluding tert-OH is 1. The molecule has 0 aliphatic heterocycles. The highest BCUT2D eigenvalue weighted by atomic mass is 16.3. The molecule has 0 amide bonds. The van der Waals surface area contributed by atoms with Gasteiger partial charge in [0.25, 0.3) is 0 Å². The van der Waals surface area contributed by atoms with Gasteiger partial charge in [0.1, 0.15) is 0 Å².